The molecule has 1 aliphatic heterocycles. The van der Waals surface area contributed by atoms with Crippen LogP contribution in [0.3, 0.4) is 0 Å². The number of hydrogen-bond donors (Lipinski definition) is 0. The molecular weight excluding hydrogens is 228 g/mol. The average Bonchev–Trinajstić information content (AvgIpc) is 2.43. The van der Waals surface area contributed by atoms with Gasteiger partial charge in [-0.25, -0.2) is 0 Å². The molecule has 3 atom stereocenters. The normalized spacial score (nSPS) is 23.6. The van der Waals surface area contributed by atoms with E-state index in [0.29, 0.717) is 30.0 Å². The standard InChI is InChI=1S/C8H16O.C6H10O2.CH4/c1-6(2)7(3)5-8(4)9;1-4-3-6(7)8-5(4)2;/h6-7H,5H2,1-4H3;4-5H,3H2,1-2H3;1H4. The number of rotatable bonds is 3. The quantitative estimate of drug-likeness (QED) is 0.722. The van der Waals surface area contributed by atoms with E-state index in [1.807, 2.05) is 13.8 Å². The zero-order chi connectivity index (χ0) is 13.6. The first kappa shape index (κ1) is 19.5. The van der Waals surface area contributed by atoms with Gasteiger partial charge in [0.1, 0.15) is 11.9 Å². The molecule has 0 amide bonds. The Labute approximate surface area is 112 Å². The van der Waals surface area contributed by atoms with Gasteiger partial charge in [-0.15, -0.1) is 0 Å². The number of cyclic esters (lactones) is 1. The predicted octanol–water partition coefficient (Wildman–Crippen LogP) is 3.85. The van der Waals surface area contributed by atoms with E-state index in [4.69, 9.17) is 4.74 Å². The van der Waals surface area contributed by atoms with Crippen molar-refractivity contribution in [1.82, 2.24) is 0 Å². The molecule has 1 fully saturated rings. The van der Waals surface area contributed by atoms with E-state index >= 15 is 0 Å². The molecule has 0 saturated carbocycles. The van der Waals surface area contributed by atoms with Crippen molar-refractivity contribution in [2.75, 3.05) is 0 Å². The number of ether oxygens (including phenoxy) is 1. The summed E-state index contributed by atoms with van der Waals surface area (Å²) in [5, 5.41) is 0. The molecule has 0 aliphatic carbocycles. The van der Waals surface area contributed by atoms with Gasteiger partial charge in [0.2, 0.25) is 0 Å². The van der Waals surface area contributed by atoms with Crippen LogP contribution in [0.5, 0.6) is 0 Å². The SMILES string of the molecule is C.CC(=O)CC(C)C(C)C.CC1CC(=O)OC1C. The fourth-order valence-electron chi connectivity index (χ4n) is 1.49. The van der Waals surface area contributed by atoms with Gasteiger partial charge in [0.25, 0.3) is 0 Å². The predicted molar refractivity (Wildman–Crippen MR) is 75.4 cm³/mol. The van der Waals surface area contributed by atoms with E-state index in [1.54, 1.807) is 6.92 Å². The minimum Gasteiger partial charge on any atom is -0.462 e. The monoisotopic (exact) mass is 258 g/mol. The summed E-state index contributed by atoms with van der Waals surface area (Å²) in [7, 11) is 0. The molecule has 108 valence electrons. The molecule has 1 saturated heterocycles. The number of carbonyl (C=O) groups is 2. The molecule has 1 heterocycles. The molecule has 3 nitrogen and oxygen atoms in total. The fraction of sp³-hybridized carbons (Fsp3) is 0.867. The van der Waals surface area contributed by atoms with Crippen molar-refractivity contribution in [3.05, 3.63) is 0 Å². The second-order valence-corrected chi connectivity index (χ2v) is 5.50. The van der Waals surface area contributed by atoms with Gasteiger partial charge in [0.15, 0.2) is 0 Å². The first-order valence-electron chi connectivity index (χ1n) is 6.43. The van der Waals surface area contributed by atoms with E-state index in [2.05, 4.69) is 20.8 Å². The van der Waals surface area contributed by atoms with Gasteiger partial charge in [0.05, 0.1) is 6.42 Å². The van der Waals surface area contributed by atoms with E-state index in [-0.39, 0.29) is 19.5 Å². The summed E-state index contributed by atoms with van der Waals surface area (Å²) in [6.45, 7) is 12.0. The van der Waals surface area contributed by atoms with Crippen molar-refractivity contribution in [3.63, 3.8) is 0 Å². The Morgan fingerprint density at radius 3 is 1.94 bits per heavy atom. The number of ketones is 1. The van der Waals surface area contributed by atoms with Crippen LogP contribution in [0.15, 0.2) is 0 Å². The Balaban J connectivity index is 0. The van der Waals surface area contributed by atoms with Crippen LogP contribution in [0.1, 0.15) is 61.8 Å². The highest BCUT2D eigenvalue weighted by Crippen LogP contribution is 2.19. The second-order valence-electron chi connectivity index (χ2n) is 5.50. The van der Waals surface area contributed by atoms with Crippen molar-refractivity contribution in [1.29, 1.82) is 0 Å². The molecule has 0 radical (unpaired) electrons. The van der Waals surface area contributed by atoms with Crippen molar-refractivity contribution >= 4 is 11.8 Å². The van der Waals surface area contributed by atoms with Crippen LogP contribution < -0.4 is 0 Å². The highest BCUT2D eigenvalue weighted by molar-refractivity contribution is 5.75. The van der Waals surface area contributed by atoms with Crippen LogP contribution in [-0.2, 0) is 14.3 Å². The summed E-state index contributed by atoms with van der Waals surface area (Å²) < 4.78 is 4.83. The van der Waals surface area contributed by atoms with E-state index in [1.165, 1.54) is 0 Å². The number of esters is 1. The summed E-state index contributed by atoms with van der Waals surface area (Å²) in [6, 6.07) is 0. The zero-order valence-corrected chi connectivity index (χ0v) is 11.9. The van der Waals surface area contributed by atoms with Gasteiger partial charge in [-0.1, -0.05) is 35.1 Å². The van der Waals surface area contributed by atoms with E-state index in [0.717, 1.165) is 6.42 Å². The fourth-order valence-corrected chi connectivity index (χ4v) is 1.49. The van der Waals surface area contributed by atoms with Crippen LogP contribution in [0.4, 0.5) is 0 Å². The van der Waals surface area contributed by atoms with Gasteiger partial charge in [-0.2, -0.15) is 0 Å². The molecule has 0 spiro atoms. The summed E-state index contributed by atoms with van der Waals surface area (Å²) in [6.07, 6.45) is 1.47. The first-order chi connectivity index (χ1) is 7.73. The molecule has 18 heavy (non-hydrogen) atoms. The van der Waals surface area contributed by atoms with Crippen molar-refractivity contribution in [2.24, 2.45) is 17.8 Å². The highest BCUT2D eigenvalue weighted by Gasteiger charge is 2.26. The number of Topliss-reactive ketones (excluding diaryl/α,β-unsaturated/α-hetero) is 1. The largest absolute Gasteiger partial charge is 0.462 e. The lowest BCUT2D eigenvalue weighted by atomic mass is 9.93. The lowest BCUT2D eigenvalue weighted by Gasteiger charge is -2.12. The van der Waals surface area contributed by atoms with E-state index in [9.17, 15) is 9.59 Å². The molecule has 3 unspecified atom stereocenters. The molecule has 0 N–H and O–H groups in total. The molecule has 0 aromatic carbocycles. The molecule has 3 heteroatoms. The zero-order valence-electron chi connectivity index (χ0n) is 11.9. The maximum absolute atomic E-state index is 10.6. The molecular formula is C15H30O3. The van der Waals surface area contributed by atoms with Crippen molar-refractivity contribution in [2.45, 2.75) is 67.9 Å². The van der Waals surface area contributed by atoms with Gasteiger partial charge in [-0.3, -0.25) is 4.79 Å². The molecule has 1 rings (SSSR count). The Bertz CT molecular complexity index is 246. The second kappa shape index (κ2) is 9.12. The summed E-state index contributed by atoms with van der Waals surface area (Å²) in [5.41, 5.74) is 0. The van der Waals surface area contributed by atoms with Crippen LogP contribution in [0, 0.1) is 17.8 Å². The molecule has 0 aromatic rings. The van der Waals surface area contributed by atoms with Gasteiger partial charge in [0, 0.05) is 12.3 Å². The minimum absolute atomic E-state index is 0. The first-order valence-corrected chi connectivity index (χ1v) is 6.43. The topological polar surface area (TPSA) is 43.4 Å². The third-order valence-corrected chi connectivity index (χ3v) is 3.35. The van der Waals surface area contributed by atoms with Crippen LogP contribution in [0.2, 0.25) is 0 Å². The van der Waals surface area contributed by atoms with Crippen LogP contribution in [0.25, 0.3) is 0 Å². The summed E-state index contributed by atoms with van der Waals surface area (Å²) in [5.74, 6) is 1.85. The maximum atomic E-state index is 10.6. The van der Waals surface area contributed by atoms with Gasteiger partial charge >= 0.3 is 5.97 Å². The van der Waals surface area contributed by atoms with Gasteiger partial charge < -0.3 is 9.53 Å². The molecule has 1 aliphatic rings. The van der Waals surface area contributed by atoms with Crippen molar-refractivity contribution < 1.29 is 14.3 Å². The van der Waals surface area contributed by atoms with Gasteiger partial charge in [-0.05, 0) is 25.7 Å². The average molecular weight is 258 g/mol. The lowest BCUT2D eigenvalue weighted by Crippen LogP contribution is -2.07. The Kier molecular flexibility index (Phi) is 9.87. The summed E-state index contributed by atoms with van der Waals surface area (Å²) in [4.78, 5) is 21.0. The van der Waals surface area contributed by atoms with Crippen LogP contribution >= 0.6 is 0 Å². The number of carbonyl (C=O) groups excluding carboxylic acids is 2. The Hall–Kier alpha value is -0.860. The van der Waals surface area contributed by atoms with E-state index < -0.39 is 0 Å². The third-order valence-electron chi connectivity index (χ3n) is 3.35. The van der Waals surface area contributed by atoms with Crippen molar-refractivity contribution in [3.8, 4) is 0 Å². The van der Waals surface area contributed by atoms with Crippen LogP contribution in [-0.4, -0.2) is 17.9 Å². The Morgan fingerprint density at radius 2 is 1.83 bits per heavy atom. The summed E-state index contributed by atoms with van der Waals surface area (Å²) >= 11 is 0. The maximum Gasteiger partial charge on any atom is 0.306 e. The smallest absolute Gasteiger partial charge is 0.306 e. The number of hydrogen-bond acceptors (Lipinski definition) is 3. The highest BCUT2D eigenvalue weighted by atomic mass is 16.5. The minimum atomic E-state index is -0.0509. The molecule has 0 bridgehead atoms. The third kappa shape index (κ3) is 8.26. The molecule has 0 aromatic heterocycles. The Morgan fingerprint density at radius 1 is 1.33 bits per heavy atom. The lowest BCUT2D eigenvalue weighted by molar-refractivity contribution is -0.140.